The fourth-order valence-electron chi connectivity index (χ4n) is 8.24. The first-order chi connectivity index (χ1) is 54.6. The van der Waals surface area contributed by atoms with Gasteiger partial charge in [0.25, 0.3) is 0 Å². The quantitative estimate of drug-likeness (QED) is 0.00436. The van der Waals surface area contributed by atoms with Crippen LogP contribution in [0.2, 0.25) is 0 Å². The number of imidazole rings is 1. The second kappa shape index (κ2) is 95.9. The molecule has 0 amide bonds. The molecule has 0 spiro atoms. The Kier molecular flexibility index (Phi) is 98.4. The minimum Gasteiger partial charge on any atom is -0.399 e. The number of benzene rings is 6. The summed E-state index contributed by atoms with van der Waals surface area (Å²) in [5.74, 6) is 0.792. The summed E-state index contributed by atoms with van der Waals surface area (Å²) in [5.41, 5.74) is 98.7. The molecule has 0 saturated carbocycles. The number of nitrogens with zero attached hydrogens (tertiary/aromatic N) is 3. The van der Waals surface area contributed by atoms with E-state index in [0.717, 1.165) is 187 Å². The average molecular weight is 1660 g/mol. The number of unbranched alkanes of at least 4 members (excludes halogenated alkanes) is 6. The summed E-state index contributed by atoms with van der Waals surface area (Å²) >= 11 is 17.0. The highest BCUT2D eigenvalue weighted by Gasteiger charge is 2.12. The van der Waals surface area contributed by atoms with E-state index in [1.54, 1.807) is 31.0 Å². The predicted octanol–water partition coefficient (Wildman–Crippen LogP) is 8.13. The molecule has 0 saturated heterocycles. The molecular weight excluding hydrogens is 1510 g/mol. The van der Waals surface area contributed by atoms with Gasteiger partial charge in [0.1, 0.15) is 0 Å². The highest BCUT2D eigenvalue weighted by molar-refractivity contribution is 7.81. The third kappa shape index (κ3) is 82.3. The minimum absolute atomic E-state index is 0.0275. The van der Waals surface area contributed by atoms with Gasteiger partial charge in [-0.05, 0) is 232 Å². The van der Waals surface area contributed by atoms with Crippen molar-refractivity contribution in [1.29, 1.82) is 0 Å². The fourth-order valence-corrected chi connectivity index (χ4v) is 13.6. The van der Waals surface area contributed by atoms with Gasteiger partial charge in [0, 0.05) is 122 Å². The SMILES string of the molecule is C=CCN.NCC(=S)Cc1ccccc1.NCCCCCN.NCCCCCN.NCCCCCNCCN.NCCCP(CCCN)c1ccccc1.NCCCP(c1ccccc1)c1ccccc1.NCCCn1ccnc1.NCCN.NCCS.NCc1ccncc1.Nc1ccc(S)cc1.Nc1ccccc1S. The van der Waals surface area contributed by atoms with Crippen LogP contribution in [0.15, 0.2) is 236 Å². The van der Waals surface area contributed by atoms with Gasteiger partial charge in [-0.1, -0.05) is 179 Å². The van der Waals surface area contributed by atoms with Gasteiger partial charge in [-0.25, -0.2) is 4.98 Å². The van der Waals surface area contributed by atoms with E-state index in [1.807, 2.05) is 89.6 Å². The summed E-state index contributed by atoms with van der Waals surface area (Å²) in [5, 5.41) is 7.62. The van der Waals surface area contributed by atoms with Crippen LogP contribution in [0.4, 0.5) is 11.4 Å². The molecule has 0 aliphatic heterocycles. The maximum atomic E-state index is 5.64. The molecule has 0 unspecified atom stereocenters. The smallest absolute Gasteiger partial charge is 0.0945 e. The molecule has 8 rings (SSSR count). The maximum absolute atomic E-state index is 5.64. The molecule has 0 bridgehead atoms. The van der Waals surface area contributed by atoms with Crippen molar-refractivity contribution in [2.45, 2.75) is 113 Å². The van der Waals surface area contributed by atoms with Crippen molar-refractivity contribution >= 4 is 98.1 Å². The second-order valence-electron chi connectivity index (χ2n) is 23.9. The Bertz CT molecular complexity index is 2940. The zero-order chi connectivity index (χ0) is 84.2. The summed E-state index contributed by atoms with van der Waals surface area (Å²) in [6.45, 7) is 17.8. The van der Waals surface area contributed by atoms with Crippen LogP contribution >= 0.6 is 65.9 Å². The van der Waals surface area contributed by atoms with E-state index in [1.165, 1.54) is 65.6 Å². The highest BCUT2D eigenvalue weighted by atomic mass is 32.1. The lowest BCUT2D eigenvalue weighted by Crippen LogP contribution is -2.23. The van der Waals surface area contributed by atoms with Gasteiger partial charge >= 0.3 is 0 Å². The van der Waals surface area contributed by atoms with Gasteiger partial charge in [0.2, 0.25) is 0 Å². The van der Waals surface area contributed by atoms with E-state index >= 15 is 0 Å². The second-order valence-corrected chi connectivity index (χ2v) is 30.8. The number of aryl methyl sites for hydroxylation is 1. The van der Waals surface area contributed by atoms with Gasteiger partial charge in [-0.3, -0.25) is 4.98 Å². The van der Waals surface area contributed by atoms with Crippen molar-refractivity contribution < 1.29 is 0 Å². The molecule has 6 aromatic carbocycles. The summed E-state index contributed by atoms with van der Waals surface area (Å²) in [4.78, 5) is 10.4. The molecule has 37 N–H and O–H groups in total. The van der Waals surface area contributed by atoms with Gasteiger partial charge in [-0.15, -0.1) is 31.8 Å². The summed E-state index contributed by atoms with van der Waals surface area (Å²) < 4.78 is 2.02. The van der Waals surface area contributed by atoms with Crippen LogP contribution in [0.3, 0.4) is 0 Å². The number of thiocarbonyl (C=S) groups is 1. The molecule has 8 aromatic rings. The van der Waals surface area contributed by atoms with E-state index < -0.39 is 0 Å². The topological polar surface area (TPSA) is 511 Å². The molecule has 0 aliphatic rings. The molecule has 22 nitrogen and oxygen atoms in total. The van der Waals surface area contributed by atoms with Crippen LogP contribution in [0, 0.1) is 0 Å². The number of nitrogens with one attached hydrogen (secondary N) is 1. The number of thiol groups is 3. The summed E-state index contributed by atoms with van der Waals surface area (Å²) in [7, 11) is -0.264. The molecule has 632 valence electrons. The van der Waals surface area contributed by atoms with E-state index in [4.69, 9.17) is 115 Å². The van der Waals surface area contributed by atoms with E-state index in [-0.39, 0.29) is 15.8 Å². The Balaban J connectivity index is -0.000000377. The van der Waals surface area contributed by atoms with Crippen molar-refractivity contribution in [3.05, 3.63) is 237 Å². The minimum atomic E-state index is -0.237. The Hall–Kier alpha value is -5.66. The Morgan fingerprint density at radius 1 is 0.420 bits per heavy atom. The number of anilines is 2. The zero-order valence-corrected chi connectivity index (χ0v) is 72.8. The van der Waals surface area contributed by atoms with Crippen LogP contribution in [0.1, 0.15) is 94.6 Å². The van der Waals surface area contributed by atoms with Crippen LogP contribution < -0.4 is 124 Å². The van der Waals surface area contributed by atoms with E-state index in [2.05, 4.69) is 163 Å². The monoisotopic (exact) mass is 1660 g/mol. The Morgan fingerprint density at radius 2 is 0.830 bits per heavy atom. The maximum Gasteiger partial charge on any atom is 0.0945 e. The van der Waals surface area contributed by atoms with Gasteiger partial charge in [0.15, 0.2) is 0 Å². The van der Waals surface area contributed by atoms with Gasteiger partial charge < -0.3 is 113 Å². The standard InChI is InChI=1S/C15H18NP.C12H21N2P.C9H11NS.C7H19N3.C6H11N3.C6H8N2.2C6H7NS.2C5H14N2.C3H7N.C2H8N2.C2H7NS/c16-12-7-13-17(14-8-3-1-4-9-14)15-10-5-2-6-11-15;13-8-4-10-15(11-5-9-14)12-6-2-1-3-7-12;10-7-9(11)6-8-4-2-1-3-5-8;8-4-2-1-3-6-10-7-5-9;7-2-1-4-9-5-3-8-6-9;7-5-6-1-3-8-4-2-6;7-5-1-3-6(8)4-2-5;7-5-3-1-2-4-6(5)8;2*6-4-2-1-3-5-7;1-2-3-4;2*3-1-2-4/h1-6,8-11H,7,12-13,16H2;1-3,6-7H,4-5,8-11,13-14H2;1-5H,6-7,10H2;10H,1-9H2;3,5-6H,1-2,4,7H2;1-4H,5,7H2;2*1-4,8H,7H2;2*1-7H2;2H,1,3-4H2;1-4H2;4H,1-3H2. The lowest BCUT2D eigenvalue weighted by atomic mass is 10.1. The van der Waals surface area contributed by atoms with Crippen LogP contribution in [0.25, 0.3) is 0 Å². The molecule has 2 aromatic heterocycles. The number of rotatable bonds is 37. The fraction of sp³-hybridized carbons (Fsp3) is 0.440. The Morgan fingerprint density at radius 3 is 1.17 bits per heavy atom. The normalized spacial score (nSPS) is 9.62. The first-order valence-corrected chi connectivity index (χ1v) is 44.0. The van der Waals surface area contributed by atoms with Crippen molar-refractivity contribution in [2.75, 3.05) is 147 Å². The van der Waals surface area contributed by atoms with Gasteiger partial charge in [0.05, 0.1) is 6.33 Å². The molecule has 28 heteroatoms. The number of aromatic nitrogens is 3. The van der Waals surface area contributed by atoms with Crippen LogP contribution in [0.5, 0.6) is 0 Å². The molecule has 0 atom stereocenters. The first kappa shape index (κ1) is 115. The van der Waals surface area contributed by atoms with Crippen molar-refractivity contribution in [2.24, 2.45) is 91.7 Å². The number of nitrogen functional groups attached to an aromatic ring is 2. The third-order valence-corrected chi connectivity index (χ3v) is 20.9. The molecule has 112 heavy (non-hydrogen) atoms. The first-order valence-electron chi connectivity index (χ1n) is 38.9. The Labute approximate surface area is 701 Å². The molecule has 0 fully saturated rings. The van der Waals surface area contributed by atoms with Crippen LogP contribution in [-0.4, -0.2) is 155 Å². The largest absolute Gasteiger partial charge is 0.399 e. The lowest BCUT2D eigenvalue weighted by molar-refractivity contribution is 0.610. The average Bonchev–Trinajstić information content (AvgIpc) is 0.977. The number of nitrogens with two attached hydrogens (primary N) is 18. The predicted molar refractivity (Wildman–Crippen MR) is 513 cm³/mol. The summed E-state index contributed by atoms with van der Waals surface area (Å²) in [6, 6.07) is 61.1. The number of para-hydroxylation sites is 1. The summed E-state index contributed by atoms with van der Waals surface area (Å²) in [6.07, 6.45) is 30.0. The molecular formula is C84H152N22P2S4. The van der Waals surface area contributed by atoms with E-state index in [9.17, 15) is 0 Å². The van der Waals surface area contributed by atoms with Crippen molar-refractivity contribution in [3.63, 3.8) is 0 Å². The lowest BCUT2D eigenvalue weighted by Gasteiger charge is -2.18. The number of pyridine rings is 1. The van der Waals surface area contributed by atoms with Crippen LogP contribution in [-0.2, 0) is 19.5 Å². The molecule has 0 aliphatic carbocycles. The van der Waals surface area contributed by atoms with Crippen molar-refractivity contribution in [3.8, 4) is 0 Å². The van der Waals surface area contributed by atoms with Crippen molar-refractivity contribution in [1.82, 2.24) is 19.9 Å². The third-order valence-electron chi connectivity index (χ3n) is 14.2. The highest BCUT2D eigenvalue weighted by Crippen LogP contribution is 2.36. The zero-order valence-electron chi connectivity index (χ0n) is 67.5. The van der Waals surface area contributed by atoms with Gasteiger partial charge in [-0.2, -0.15) is 12.6 Å². The van der Waals surface area contributed by atoms with E-state index in [0.29, 0.717) is 39.3 Å². The number of hydrogen-bond donors (Lipinski definition) is 22. The number of hydrogen-bond acceptors (Lipinski definition) is 25. The molecule has 2 heterocycles. The molecule has 0 radical (unpaired) electrons.